The molecule has 0 aromatic carbocycles. The number of rotatable bonds is 6. The Hall–Kier alpha value is -1.22. The lowest BCUT2D eigenvalue weighted by Crippen LogP contribution is -2.43. The minimum Gasteiger partial charge on any atom is -0.454 e. The van der Waals surface area contributed by atoms with Crippen molar-refractivity contribution in [2.24, 2.45) is 5.41 Å². The van der Waals surface area contributed by atoms with E-state index >= 15 is 0 Å². The Bertz CT molecular complexity index is 643. The van der Waals surface area contributed by atoms with E-state index in [9.17, 15) is 9.59 Å². The fourth-order valence-electron chi connectivity index (χ4n) is 4.43. The molecule has 4 fully saturated rings. The first-order valence-corrected chi connectivity index (χ1v) is 10.8. The first-order chi connectivity index (χ1) is 13.7. The number of ether oxygens (including phenoxy) is 6. The second-order valence-corrected chi connectivity index (χ2v) is 9.28. The zero-order valence-corrected chi connectivity index (χ0v) is 17.7. The molecule has 164 valence electrons. The molecule has 3 saturated heterocycles. The van der Waals surface area contributed by atoms with Crippen LogP contribution in [0.15, 0.2) is 0 Å². The van der Waals surface area contributed by atoms with Crippen LogP contribution in [0.4, 0.5) is 0 Å². The van der Waals surface area contributed by atoms with Crippen molar-refractivity contribution >= 4 is 11.9 Å². The van der Waals surface area contributed by atoms with E-state index in [2.05, 4.69) is 0 Å². The molecule has 0 N–H and O–H groups in total. The largest absolute Gasteiger partial charge is 0.454 e. The predicted molar refractivity (Wildman–Crippen MR) is 99.7 cm³/mol. The van der Waals surface area contributed by atoms with Gasteiger partial charge in [0.15, 0.2) is 24.3 Å². The summed E-state index contributed by atoms with van der Waals surface area (Å²) >= 11 is 0. The van der Waals surface area contributed by atoms with E-state index in [-0.39, 0.29) is 12.7 Å². The molecule has 0 aromatic heterocycles. The van der Waals surface area contributed by atoms with Gasteiger partial charge >= 0.3 is 11.9 Å². The zero-order valence-electron chi connectivity index (χ0n) is 17.7. The van der Waals surface area contributed by atoms with Crippen molar-refractivity contribution in [1.29, 1.82) is 0 Å². The molecule has 8 heteroatoms. The number of hydrogen-bond acceptors (Lipinski definition) is 8. The van der Waals surface area contributed by atoms with Gasteiger partial charge in [0.1, 0.15) is 6.10 Å². The summed E-state index contributed by atoms with van der Waals surface area (Å²) in [5.74, 6) is -1.88. The van der Waals surface area contributed by atoms with E-state index in [1.165, 1.54) is 6.42 Å². The maximum absolute atomic E-state index is 13.0. The fraction of sp³-hybridized carbons (Fsp3) is 0.905. The van der Waals surface area contributed by atoms with Crippen LogP contribution in [-0.2, 0) is 38.0 Å². The van der Waals surface area contributed by atoms with Gasteiger partial charge in [-0.15, -0.1) is 0 Å². The van der Waals surface area contributed by atoms with Gasteiger partial charge in [-0.1, -0.05) is 26.2 Å². The third-order valence-corrected chi connectivity index (χ3v) is 6.51. The van der Waals surface area contributed by atoms with Crippen molar-refractivity contribution in [3.8, 4) is 0 Å². The first-order valence-electron chi connectivity index (χ1n) is 10.8. The number of hydrogen-bond donors (Lipinski definition) is 0. The average molecular weight is 412 g/mol. The van der Waals surface area contributed by atoms with Gasteiger partial charge in [0, 0.05) is 0 Å². The van der Waals surface area contributed by atoms with Gasteiger partial charge in [0.25, 0.3) is 0 Å². The van der Waals surface area contributed by atoms with Gasteiger partial charge in [-0.25, -0.2) is 4.79 Å². The van der Waals surface area contributed by atoms with Crippen LogP contribution in [-0.4, -0.2) is 61.1 Å². The maximum atomic E-state index is 13.0. The van der Waals surface area contributed by atoms with Crippen molar-refractivity contribution in [3.05, 3.63) is 0 Å². The highest BCUT2D eigenvalue weighted by Crippen LogP contribution is 2.43. The molecule has 3 heterocycles. The SMILES string of the molecule is CCC(C)(COC1CCCCC1)C(=O)OC1C(=O)OC2C3OC(C)(C)OC3OC12. The standard InChI is InChI=1S/C21H32O8/c1-5-21(4,11-24-12-9-7-6-8-10-12)19(23)27-15-13-14(25-17(15)22)16-18(26-13)29-20(2,3)28-16/h12-16,18H,5-11H2,1-4H3. The smallest absolute Gasteiger partial charge is 0.350 e. The molecule has 1 saturated carbocycles. The van der Waals surface area contributed by atoms with E-state index in [0.717, 1.165) is 25.7 Å². The van der Waals surface area contributed by atoms with E-state index in [4.69, 9.17) is 28.4 Å². The van der Waals surface area contributed by atoms with Crippen LogP contribution in [0.25, 0.3) is 0 Å². The average Bonchev–Trinajstić information content (AvgIpc) is 3.27. The lowest BCUT2D eigenvalue weighted by atomic mass is 9.88. The monoisotopic (exact) mass is 412 g/mol. The molecular formula is C21H32O8. The van der Waals surface area contributed by atoms with Crippen molar-refractivity contribution in [1.82, 2.24) is 0 Å². The minimum atomic E-state index is -1.12. The number of carbonyl (C=O) groups excluding carboxylic acids is 2. The van der Waals surface area contributed by atoms with E-state index in [1.54, 1.807) is 13.8 Å². The highest BCUT2D eigenvalue weighted by Gasteiger charge is 2.64. The number of esters is 2. The Morgan fingerprint density at radius 2 is 1.86 bits per heavy atom. The van der Waals surface area contributed by atoms with Crippen LogP contribution >= 0.6 is 0 Å². The Morgan fingerprint density at radius 3 is 2.55 bits per heavy atom. The van der Waals surface area contributed by atoms with Gasteiger partial charge in [0.2, 0.25) is 6.10 Å². The molecule has 0 bridgehead atoms. The van der Waals surface area contributed by atoms with Crippen molar-refractivity contribution in [2.45, 2.75) is 109 Å². The van der Waals surface area contributed by atoms with E-state index in [0.29, 0.717) is 6.42 Å². The van der Waals surface area contributed by atoms with Crippen molar-refractivity contribution < 1.29 is 38.0 Å². The van der Waals surface area contributed by atoms with E-state index in [1.807, 2.05) is 13.8 Å². The summed E-state index contributed by atoms with van der Waals surface area (Å²) in [6.45, 7) is 7.56. The molecule has 0 spiro atoms. The van der Waals surface area contributed by atoms with Crippen LogP contribution in [0.3, 0.4) is 0 Å². The Labute approximate surface area is 171 Å². The van der Waals surface area contributed by atoms with Crippen LogP contribution < -0.4 is 0 Å². The van der Waals surface area contributed by atoms with Crippen molar-refractivity contribution in [2.75, 3.05) is 6.61 Å². The third-order valence-electron chi connectivity index (χ3n) is 6.51. The molecule has 8 nitrogen and oxygen atoms in total. The van der Waals surface area contributed by atoms with Crippen LogP contribution in [0.1, 0.15) is 66.2 Å². The molecule has 6 unspecified atom stereocenters. The molecule has 3 aliphatic heterocycles. The third kappa shape index (κ3) is 4.04. The molecule has 0 amide bonds. The number of fused-ring (bicyclic) bond motifs is 3. The summed E-state index contributed by atoms with van der Waals surface area (Å²) in [6, 6.07) is 0. The predicted octanol–water partition coefficient (Wildman–Crippen LogP) is 2.47. The summed E-state index contributed by atoms with van der Waals surface area (Å²) in [7, 11) is 0. The topological polar surface area (TPSA) is 89.5 Å². The summed E-state index contributed by atoms with van der Waals surface area (Å²) in [5.41, 5.74) is -0.834. The normalized spacial score (nSPS) is 38.2. The van der Waals surface area contributed by atoms with Gasteiger partial charge in [0.05, 0.1) is 18.1 Å². The summed E-state index contributed by atoms with van der Waals surface area (Å²) in [6.07, 6.45) is 2.72. The summed E-state index contributed by atoms with van der Waals surface area (Å²) in [5, 5.41) is 0. The fourth-order valence-corrected chi connectivity index (χ4v) is 4.43. The van der Waals surface area contributed by atoms with Crippen molar-refractivity contribution in [3.63, 3.8) is 0 Å². The van der Waals surface area contributed by atoms with Gasteiger partial charge in [-0.2, -0.15) is 0 Å². The molecular weight excluding hydrogens is 380 g/mol. The lowest BCUT2D eigenvalue weighted by molar-refractivity contribution is -0.218. The second-order valence-electron chi connectivity index (χ2n) is 9.28. The highest BCUT2D eigenvalue weighted by molar-refractivity contribution is 5.84. The highest BCUT2D eigenvalue weighted by atomic mass is 16.9. The quantitative estimate of drug-likeness (QED) is 0.615. The Balaban J connectivity index is 1.37. The van der Waals surface area contributed by atoms with Crippen LogP contribution in [0, 0.1) is 5.41 Å². The molecule has 29 heavy (non-hydrogen) atoms. The second kappa shape index (κ2) is 7.80. The van der Waals surface area contributed by atoms with Gasteiger partial charge in [-0.3, -0.25) is 4.79 Å². The molecule has 0 radical (unpaired) electrons. The Morgan fingerprint density at radius 1 is 1.14 bits per heavy atom. The van der Waals surface area contributed by atoms with Crippen LogP contribution in [0.2, 0.25) is 0 Å². The lowest BCUT2D eigenvalue weighted by Gasteiger charge is -2.31. The summed E-state index contributed by atoms with van der Waals surface area (Å²) < 4.78 is 34.4. The molecule has 0 aromatic rings. The van der Waals surface area contributed by atoms with Gasteiger partial charge in [-0.05, 0) is 40.0 Å². The molecule has 4 rings (SSSR count). The zero-order chi connectivity index (χ0) is 20.8. The maximum Gasteiger partial charge on any atom is 0.350 e. The minimum absolute atomic E-state index is 0.193. The Kier molecular flexibility index (Phi) is 5.65. The number of carbonyl (C=O) groups is 2. The molecule has 6 atom stereocenters. The molecule has 4 aliphatic rings. The van der Waals surface area contributed by atoms with Crippen LogP contribution in [0.5, 0.6) is 0 Å². The first kappa shape index (κ1) is 21.0. The summed E-state index contributed by atoms with van der Waals surface area (Å²) in [4.78, 5) is 25.4. The van der Waals surface area contributed by atoms with Gasteiger partial charge < -0.3 is 28.4 Å². The van der Waals surface area contributed by atoms with E-state index < -0.39 is 53.8 Å². The molecule has 1 aliphatic carbocycles.